The Morgan fingerprint density at radius 3 is 3.19 bits per heavy atom. The monoisotopic (exact) mass is 222 g/mol. The van der Waals surface area contributed by atoms with Crippen LogP contribution in [0.4, 0.5) is 0 Å². The lowest BCUT2D eigenvalue weighted by Gasteiger charge is -2.08. The smallest absolute Gasteiger partial charge is 0.252 e. The third-order valence-corrected chi connectivity index (χ3v) is 2.55. The van der Waals surface area contributed by atoms with Crippen molar-refractivity contribution in [1.29, 1.82) is 0 Å². The minimum Gasteiger partial charge on any atom is -0.493 e. The van der Waals surface area contributed by atoms with Crippen LogP contribution >= 0.6 is 0 Å². The third kappa shape index (κ3) is 2.17. The molecule has 0 fully saturated rings. The van der Waals surface area contributed by atoms with Crippen LogP contribution in [0.25, 0.3) is 0 Å². The second-order valence-electron chi connectivity index (χ2n) is 3.68. The van der Waals surface area contributed by atoms with E-state index in [4.69, 9.17) is 11.3 Å². The van der Waals surface area contributed by atoms with E-state index in [9.17, 15) is 4.79 Å². The zero-order valence-electron chi connectivity index (χ0n) is 9.98. The Hall–Kier alpha value is -1.55. The molecule has 4 heteroatoms. The molecule has 1 aliphatic rings. The first-order valence-electron chi connectivity index (χ1n) is 5.85. The van der Waals surface area contributed by atoms with E-state index >= 15 is 0 Å². The number of carbonyl (C=O) groups excluding carboxylic acids is 1. The van der Waals surface area contributed by atoms with E-state index in [2.05, 4.69) is 0 Å². The van der Waals surface area contributed by atoms with Crippen LogP contribution in [0.1, 0.15) is 28.8 Å². The van der Waals surface area contributed by atoms with Gasteiger partial charge in [-0.2, -0.15) is 0 Å². The molecular formula is C12H15NO3. The maximum absolute atomic E-state index is 11.6. The number of ether oxygens (including phenoxy) is 1. The van der Waals surface area contributed by atoms with Gasteiger partial charge in [0.1, 0.15) is 5.75 Å². The second kappa shape index (κ2) is 4.99. The summed E-state index contributed by atoms with van der Waals surface area (Å²) in [7, 11) is 0. The molecule has 0 spiro atoms. The molecule has 2 rings (SSSR count). The van der Waals surface area contributed by atoms with Crippen molar-refractivity contribution in [2.75, 3.05) is 13.2 Å². The Bertz CT molecular complexity index is 422. The number of benzene rings is 1. The van der Waals surface area contributed by atoms with Gasteiger partial charge in [0.05, 0.1) is 6.61 Å². The van der Waals surface area contributed by atoms with Crippen LogP contribution in [-0.2, 0) is 6.54 Å². The molecular weight excluding hydrogens is 206 g/mol. The van der Waals surface area contributed by atoms with Crippen LogP contribution in [0.15, 0.2) is 18.2 Å². The van der Waals surface area contributed by atoms with Crippen molar-refractivity contribution in [3.8, 4) is 5.75 Å². The molecule has 1 amide bonds. The average molecular weight is 222 g/mol. The molecule has 0 aliphatic carbocycles. The van der Waals surface area contributed by atoms with Gasteiger partial charge < -0.3 is 15.2 Å². The lowest BCUT2D eigenvalue weighted by atomic mass is 10.1. The van der Waals surface area contributed by atoms with E-state index in [1.807, 2.05) is 6.07 Å². The lowest BCUT2D eigenvalue weighted by Crippen LogP contribution is -2.12. The zero-order chi connectivity index (χ0) is 12.3. The molecule has 0 atom stereocenters. The van der Waals surface area contributed by atoms with Crippen molar-refractivity contribution in [3.05, 3.63) is 29.3 Å². The Kier molecular flexibility index (Phi) is 3.01. The van der Waals surface area contributed by atoms with Crippen LogP contribution < -0.4 is 10.0 Å². The summed E-state index contributed by atoms with van der Waals surface area (Å²) >= 11 is 0. The number of carbonyl (C=O) groups is 1. The zero-order valence-corrected chi connectivity index (χ0v) is 8.98. The second-order valence-corrected chi connectivity index (χ2v) is 3.68. The highest BCUT2D eigenvalue weighted by Gasteiger charge is 2.21. The van der Waals surface area contributed by atoms with Gasteiger partial charge in [-0.3, -0.25) is 4.79 Å². The van der Waals surface area contributed by atoms with Gasteiger partial charge in [0.15, 0.2) is 1.41 Å². The lowest BCUT2D eigenvalue weighted by molar-refractivity contribution is 0.0965. The van der Waals surface area contributed by atoms with Crippen LogP contribution in [0.5, 0.6) is 5.75 Å². The summed E-state index contributed by atoms with van der Waals surface area (Å²) in [6, 6.07) is 5.29. The number of fused-ring (bicyclic) bond motifs is 1. The van der Waals surface area contributed by atoms with E-state index in [1.54, 1.807) is 12.1 Å². The standard InChI is InChI=1S/C12H15NO3/c14-6-1-2-7-16-11-5-3-4-9-10(11)8-13-12(9)15/h3-5,14H,1-2,6-8H2,(H,13,15)/i/hD. The average Bonchev–Trinajstić information content (AvgIpc) is 2.62. The van der Waals surface area contributed by atoms with Crippen LogP contribution in [0.3, 0.4) is 0 Å². The summed E-state index contributed by atoms with van der Waals surface area (Å²) in [5.74, 6) is 0.393. The van der Waals surface area contributed by atoms with Gasteiger partial charge in [0.2, 0.25) is 0 Å². The summed E-state index contributed by atoms with van der Waals surface area (Å²) in [6.07, 6.45) is 1.48. The molecule has 0 saturated heterocycles. The molecule has 86 valence electrons. The van der Waals surface area contributed by atoms with Gasteiger partial charge in [-0.1, -0.05) is 6.07 Å². The third-order valence-electron chi connectivity index (χ3n) is 2.55. The highest BCUT2D eigenvalue weighted by atomic mass is 16.5. The first-order chi connectivity index (χ1) is 8.24. The van der Waals surface area contributed by atoms with E-state index in [-0.39, 0.29) is 19.1 Å². The summed E-state index contributed by atoms with van der Waals surface area (Å²) in [5, 5.41) is 9.59. The number of rotatable bonds is 5. The van der Waals surface area contributed by atoms with E-state index in [1.165, 1.54) is 0 Å². The molecule has 0 unspecified atom stereocenters. The number of aliphatic hydroxyl groups excluding tert-OH is 1. The number of nitrogens with one attached hydrogen (secondary N) is 1. The number of hydrogen-bond acceptors (Lipinski definition) is 3. The number of hydrogen-bond donors (Lipinski definition) is 2. The van der Waals surface area contributed by atoms with Crippen molar-refractivity contribution < 1.29 is 16.0 Å². The molecule has 1 aromatic carbocycles. The molecule has 2 N–H and O–H groups in total. The molecule has 1 aromatic rings. The minimum absolute atomic E-state index is 0.162. The first-order valence-corrected chi connectivity index (χ1v) is 5.40. The Balaban J connectivity index is 2.07. The molecule has 16 heavy (non-hydrogen) atoms. The number of aliphatic hydroxyl groups is 1. The Morgan fingerprint density at radius 2 is 2.38 bits per heavy atom. The quantitative estimate of drug-likeness (QED) is 0.733. The maximum Gasteiger partial charge on any atom is 0.252 e. The van der Waals surface area contributed by atoms with Crippen molar-refractivity contribution in [2.45, 2.75) is 19.4 Å². The van der Waals surface area contributed by atoms with Gasteiger partial charge >= 0.3 is 0 Å². The summed E-state index contributed by atoms with van der Waals surface area (Å²) in [5.41, 5.74) is 1.34. The van der Waals surface area contributed by atoms with Crippen molar-refractivity contribution in [2.24, 2.45) is 0 Å². The summed E-state index contributed by atoms with van der Waals surface area (Å²) < 4.78 is 13.0. The topological polar surface area (TPSA) is 58.6 Å². The van der Waals surface area contributed by atoms with Crippen LogP contribution in [0, 0.1) is 0 Å². The predicted molar refractivity (Wildman–Crippen MR) is 59.4 cm³/mol. The van der Waals surface area contributed by atoms with Crippen molar-refractivity contribution in [3.63, 3.8) is 0 Å². The molecule has 0 radical (unpaired) electrons. The molecule has 0 aromatic heterocycles. The van der Waals surface area contributed by atoms with E-state index < -0.39 is 0 Å². The largest absolute Gasteiger partial charge is 0.493 e. The van der Waals surface area contributed by atoms with Gasteiger partial charge in [-0.25, -0.2) is 0 Å². The van der Waals surface area contributed by atoms with Crippen molar-refractivity contribution in [1.82, 2.24) is 5.31 Å². The van der Waals surface area contributed by atoms with Crippen LogP contribution in [0.2, 0.25) is 1.41 Å². The van der Waals surface area contributed by atoms with Crippen LogP contribution in [-0.4, -0.2) is 24.2 Å². The minimum atomic E-state index is -0.277. The van der Waals surface area contributed by atoms with Gasteiger partial charge in [0, 0.05) is 24.3 Å². The van der Waals surface area contributed by atoms with E-state index in [0.29, 0.717) is 24.3 Å². The van der Waals surface area contributed by atoms with Crippen molar-refractivity contribution >= 4 is 5.91 Å². The Labute approximate surface area is 95.7 Å². The first kappa shape index (κ1) is 9.66. The predicted octanol–water partition coefficient (Wildman–Crippen LogP) is 1.08. The SMILES string of the molecule is [2H]N1Cc2c(OCCCCO)cccc2C1=O. The number of unbranched alkanes of at least 4 members (excludes halogenated alkanes) is 1. The Morgan fingerprint density at radius 1 is 1.50 bits per heavy atom. The molecule has 1 aliphatic heterocycles. The fourth-order valence-corrected chi connectivity index (χ4v) is 1.70. The molecule has 0 saturated carbocycles. The normalized spacial score (nSPS) is 14.9. The maximum atomic E-state index is 11.6. The highest BCUT2D eigenvalue weighted by molar-refractivity contribution is 5.99. The molecule has 4 nitrogen and oxygen atoms in total. The molecule has 1 heterocycles. The number of amides is 1. The van der Waals surface area contributed by atoms with Gasteiger partial charge in [-0.05, 0) is 25.0 Å². The van der Waals surface area contributed by atoms with Gasteiger partial charge in [0.25, 0.3) is 5.91 Å². The molecule has 0 bridgehead atoms. The highest BCUT2D eigenvalue weighted by Crippen LogP contribution is 2.26. The fourth-order valence-electron chi connectivity index (χ4n) is 1.70. The summed E-state index contributed by atoms with van der Waals surface area (Å²) in [6.45, 7) is 0.961. The fraction of sp³-hybridized carbons (Fsp3) is 0.417. The summed E-state index contributed by atoms with van der Waals surface area (Å²) in [4.78, 5) is 11.6. The van der Waals surface area contributed by atoms with Gasteiger partial charge in [-0.15, -0.1) is 0 Å². The van der Waals surface area contributed by atoms with E-state index in [0.717, 1.165) is 17.3 Å².